The van der Waals surface area contributed by atoms with Gasteiger partial charge in [-0.3, -0.25) is 9.89 Å². The molecule has 1 heterocycles. The van der Waals surface area contributed by atoms with Gasteiger partial charge in [0.05, 0.1) is 12.1 Å². The van der Waals surface area contributed by atoms with Gasteiger partial charge >= 0.3 is 5.97 Å². The van der Waals surface area contributed by atoms with E-state index >= 15 is 0 Å². The fraction of sp³-hybridized carbons (Fsp3) is 0.765. The van der Waals surface area contributed by atoms with Gasteiger partial charge in [-0.2, -0.15) is 5.10 Å². The Labute approximate surface area is 126 Å². The first-order valence-electron chi connectivity index (χ1n) is 7.95. The molecule has 3 unspecified atom stereocenters. The molecule has 1 aromatic heterocycles. The Morgan fingerprint density at radius 2 is 2.10 bits per heavy atom. The molecular weight excluding hydrogens is 264 g/mol. The molecule has 2 fully saturated rings. The van der Waals surface area contributed by atoms with E-state index in [1.807, 2.05) is 13.8 Å². The summed E-state index contributed by atoms with van der Waals surface area (Å²) in [6.45, 7) is 10.8. The van der Waals surface area contributed by atoms with Crippen molar-refractivity contribution in [1.82, 2.24) is 10.2 Å². The van der Waals surface area contributed by atoms with E-state index in [9.17, 15) is 4.79 Å². The van der Waals surface area contributed by atoms with Gasteiger partial charge in [-0.1, -0.05) is 20.8 Å². The maximum absolute atomic E-state index is 12.3. The van der Waals surface area contributed by atoms with Crippen LogP contribution in [0.4, 0.5) is 0 Å². The van der Waals surface area contributed by atoms with Crippen LogP contribution >= 0.6 is 0 Å². The second-order valence-electron chi connectivity index (χ2n) is 7.68. The van der Waals surface area contributed by atoms with Crippen molar-refractivity contribution in [3.8, 4) is 0 Å². The van der Waals surface area contributed by atoms with Crippen LogP contribution in [0.25, 0.3) is 0 Å². The summed E-state index contributed by atoms with van der Waals surface area (Å²) < 4.78 is 5.89. The van der Waals surface area contributed by atoms with Crippen molar-refractivity contribution in [3.63, 3.8) is 0 Å². The topological polar surface area (TPSA) is 55.0 Å². The number of carbonyl (C=O) groups is 1. The number of ether oxygens (including phenoxy) is 1. The van der Waals surface area contributed by atoms with E-state index in [1.165, 1.54) is 12.8 Å². The maximum atomic E-state index is 12.3. The molecule has 0 aliphatic heterocycles. The largest absolute Gasteiger partial charge is 0.462 e. The summed E-state index contributed by atoms with van der Waals surface area (Å²) in [5.74, 6) is 0.579. The van der Waals surface area contributed by atoms with E-state index in [1.54, 1.807) is 0 Å². The predicted octanol–water partition coefficient (Wildman–Crippen LogP) is 3.33. The minimum atomic E-state index is -0.114. The molecule has 0 radical (unpaired) electrons. The Bertz CT molecular complexity index is 556. The molecule has 3 atom stereocenters. The molecule has 0 amide bonds. The number of fused-ring (bicyclic) bond motifs is 2. The lowest BCUT2D eigenvalue weighted by molar-refractivity contribution is -0.156. The normalized spacial score (nSPS) is 33.4. The number of aromatic nitrogens is 2. The summed E-state index contributed by atoms with van der Waals surface area (Å²) in [7, 11) is 0. The number of rotatable bonds is 3. The number of nitrogens with one attached hydrogen (secondary N) is 1. The zero-order valence-corrected chi connectivity index (χ0v) is 13.7. The number of esters is 1. The Morgan fingerprint density at radius 1 is 1.38 bits per heavy atom. The number of hydrogen-bond donors (Lipinski definition) is 1. The van der Waals surface area contributed by atoms with Crippen molar-refractivity contribution < 1.29 is 9.53 Å². The van der Waals surface area contributed by atoms with Crippen molar-refractivity contribution in [2.24, 2.45) is 16.7 Å². The lowest BCUT2D eigenvalue weighted by atomic mass is 9.70. The van der Waals surface area contributed by atoms with Gasteiger partial charge in [-0.15, -0.1) is 0 Å². The average Bonchev–Trinajstić information content (AvgIpc) is 2.89. The van der Waals surface area contributed by atoms with Crippen LogP contribution in [0.1, 0.15) is 57.0 Å². The van der Waals surface area contributed by atoms with Crippen LogP contribution < -0.4 is 0 Å². The fourth-order valence-electron chi connectivity index (χ4n) is 4.49. The van der Waals surface area contributed by atoms with Gasteiger partial charge in [0.2, 0.25) is 0 Å². The number of H-pyrrole nitrogens is 1. The van der Waals surface area contributed by atoms with E-state index < -0.39 is 0 Å². The van der Waals surface area contributed by atoms with Gasteiger partial charge in [-0.05, 0) is 44.4 Å². The summed E-state index contributed by atoms with van der Waals surface area (Å²) in [6.07, 6.45) is 3.88. The van der Waals surface area contributed by atoms with Crippen LogP contribution in [0.5, 0.6) is 0 Å². The van der Waals surface area contributed by atoms with Crippen molar-refractivity contribution in [2.45, 2.75) is 66.4 Å². The van der Waals surface area contributed by atoms with Gasteiger partial charge in [-0.25, -0.2) is 0 Å². The second-order valence-corrected chi connectivity index (χ2v) is 7.68. The second kappa shape index (κ2) is 4.59. The Kier molecular flexibility index (Phi) is 3.19. The summed E-state index contributed by atoms with van der Waals surface area (Å²) in [5, 5.41) is 7.07. The van der Waals surface area contributed by atoms with E-state index in [0.29, 0.717) is 12.3 Å². The molecule has 2 bridgehead atoms. The maximum Gasteiger partial charge on any atom is 0.310 e. The molecule has 1 N–H and O–H groups in total. The van der Waals surface area contributed by atoms with Crippen molar-refractivity contribution >= 4 is 5.97 Å². The van der Waals surface area contributed by atoms with Crippen LogP contribution in [-0.2, 0) is 16.0 Å². The highest BCUT2D eigenvalue weighted by atomic mass is 16.5. The summed E-state index contributed by atoms with van der Waals surface area (Å²) in [4.78, 5) is 12.3. The molecule has 0 spiro atoms. The lowest BCUT2D eigenvalue weighted by Crippen LogP contribution is -2.38. The molecule has 0 aromatic carbocycles. The molecule has 4 nitrogen and oxygen atoms in total. The van der Waals surface area contributed by atoms with Crippen molar-refractivity contribution in [3.05, 3.63) is 17.0 Å². The van der Waals surface area contributed by atoms with Gasteiger partial charge in [0.15, 0.2) is 0 Å². The molecule has 2 aliphatic rings. The number of carbonyl (C=O) groups excluding carboxylic acids is 1. The lowest BCUT2D eigenvalue weighted by Gasteiger charge is -2.38. The van der Waals surface area contributed by atoms with E-state index in [4.69, 9.17) is 4.74 Å². The van der Waals surface area contributed by atoms with Crippen molar-refractivity contribution in [1.29, 1.82) is 0 Å². The number of hydrogen-bond acceptors (Lipinski definition) is 3. The third-order valence-electron chi connectivity index (χ3n) is 6.59. The van der Waals surface area contributed by atoms with Gasteiger partial charge in [0.25, 0.3) is 0 Å². The zero-order chi connectivity index (χ0) is 15.4. The standard InChI is InChI=1S/C17H26N2O2/c1-10-13(11(2)19-18-10)9-15(20)21-14-8-12-6-7-17(14,5)16(12,3)4/h12,14H,6-9H2,1-5H3,(H,18,19). The van der Waals surface area contributed by atoms with Crippen LogP contribution in [0, 0.1) is 30.6 Å². The first-order chi connectivity index (χ1) is 9.75. The highest BCUT2D eigenvalue weighted by Crippen LogP contribution is 2.66. The monoisotopic (exact) mass is 290 g/mol. The number of nitrogens with zero attached hydrogens (tertiary/aromatic N) is 1. The average molecular weight is 290 g/mol. The first-order valence-corrected chi connectivity index (χ1v) is 7.95. The number of aromatic amines is 1. The first kappa shape index (κ1) is 14.6. The molecule has 21 heavy (non-hydrogen) atoms. The van der Waals surface area contributed by atoms with E-state index in [2.05, 4.69) is 31.0 Å². The summed E-state index contributed by atoms with van der Waals surface area (Å²) in [6, 6.07) is 0. The Hall–Kier alpha value is -1.32. The SMILES string of the molecule is Cc1n[nH]c(C)c1CC(=O)OC1CC2CCC1(C)C2(C)C. The van der Waals surface area contributed by atoms with Crippen molar-refractivity contribution in [2.75, 3.05) is 0 Å². The quantitative estimate of drug-likeness (QED) is 0.869. The van der Waals surface area contributed by atoms with Crippen LogP contribution in [0.15, 0.2) is 0 Å². The Morgan fingerprint density at radius 3 is 2.57 bits per heavy atom. The third-order valence-corrected chi connectivity index (χ3v) is 6.59. The number of aryl methyl sites for hydroxylation is 2. The minimum absolute atomic E-state index is 0.0752. The Balaban J connectivity index is 1.70. The molecule has 2 aliphatic carbocycles. The van der Waals surface area contributed by atoms with Crippen LogP contribution in [0.2, 0.25) is 0 Å². The zero-order valence-electron chi connectivity index (χ0n) is 13.7. The summed E-state index contributed by atoms with van der Waals surface area (Å²) >= 11 is 0. The molecule has 0 saturated heterocycles. The highest BCUT2D eigenvalue weighted by Gasteiger charge is 2.62. The molecule has 4 heteroatoms. The minimum Gasteiger partial charge on any atom is -0.462 e. The van der Waals surface area contributed by atoms with Gasteiger partial charge in [0.1, 0.15) is 6.10 Å². The molecule has 1 aromatic rings. The molecular formula is C17H26N2O2. The molecule has 2 saturated carbocycles. The fourth-order valence-corrected chi connectivity index (χ4v) is 4.49. The van der Waals surface area contributed by atoms with Crippen LogP contribution in [-0.4, -0.2) is 22.3 Å². The smallest absolute Gasteiger partial charge is 0.310 e. The molecule has 116 valence electrons. The third kappa shape index (κ3) is 2.02. The van der Waals surface area contributed by atoms with Gasteiger partial charge in [0, 0.05) is 16.7 Å². The van der Waals surface area contributed by atoms with E-state index in [0.717, 1.165) is 23.4 Å². The van der Waals surface area contributed by atoms with E-state index in [-0.39, 0.29) is 22.9 Å². The van der Waals surface area contributed by atoms with Gasteiger partial charge < -0.3 is 4.74 Å². The highest BCUT2D eigenvalue weighted by molar-refractivity contribution is 5.73. The summed E-state index contributed by atoms with van der Waals surface area (Å²) in [5.41, 5.74) is 3.24. The predicted molar refractivity (Wildman–Crippen MR) is 80.9 cm³/mol. The molecule has 3 rings (SSSR count). The van der Waals surface area contributed by atoms with Crippen LogP contribution in [0.3, 0.4) is 0 Å².